The topological polar surface area (TPSA) is 17.1 Å². The van der Waals surface area contributed by atoms with E-state index in [1.165, 1.54) is 22.3 Å². The molecule has 0 spiro atoms. The van der Waals surface area contributed by atoms with Gasteiger partial charge < -0.3 is 0 Å². The van der Waals surface area contributed by atoms with Gasteiger partial charge in [-0.1, -0.05) is 53.6 Å². The lowest BCUT2D eigenvalue weighted by Gasteiger charge is -2.07. The summed E-state index contributed by atoms with van der Waals surface area (Å²) < 4.78 is 12.2. The Bertz CT molecular complexity index is 585. The molecule has 2 aromatic carbocycles. The molecule has 0 aromatic heterocycles. The quantitative estimate of drug-likeness (QED) is 0.820. The van der Waals surface area contributed by atoms with Crippen LogP contribution in [0.15, 0.2) is 42.5 Å². The lowest BCUT2D eigenvalue weighted by atomic mass is 10.1. The third-order valence-corrected chi connectivity index (χ3v) is 4.56. The van der Waals surface area contributed by atoms with Crippen LogP contribution in [0.25, 0.3) is 0 Å². The Morgan fingerprint density at radius 1 is 0.842 bits per heavy atom. The molecule has 0 aliphatic rings. The van der Waals surface area contributed by atoms with Gasteiger partial charge in [0.2, 0.25) is 0 Å². The van der Waals surface area contributed by atoms with Crippen LogP contribution in [0.4, 0.5) is 0 Å². The number of benzene rings is 2. The number of rotatable bonds is 4. The summed E-state index contributed by atoms with van der Waals surface area (Å²) >= 11 is 0. The summed E-state index contributed by atoms with van der Waals surface area (Å²) in [6.07, 6.45) is 0. The van der Waals surface area contributed by atoms with Gasteiger partial charge in [-0.15, -0.1) is 0 Å². The molecule has 0 fully saturated rings. The predicted molar refractivity (Wildman–Crippen MR) is 82.6 cm³/mol. The smallest absolute Gasteiger partial charge is 0.0491 e. The molecule has 0 unspecified atom stereocenters. The molecule has 2 aromatic rings. The van der Waals surface area contributed by atoms with Crippen molar-refractivity contribution in [1.82, 2.24) is 0 Å². The van der Waals surface area contributed by atoms with Gasteiger partial charge in [0, 0.05) is 22.3 Å². The van der Waals surface area contributed by atoms with E-state index >= 15 is 0 Å². The molecule has 0 saturated heterocycles. The van der Waals surface area contributed by atoms with Gasteiger partial charge in [0.1, 0.15) is 0 Å². The number of hydrogen-bond donors (Lipinski definition) is 0. The molecule has 1 nitrogen and oxygen atoms in total. The Kier molecular flexibility index (Phi) is 4.54. The van der Waals surface area contributed by atoms with Crippen LogP contribution in [0.3, 0.4) is 0 Å². The van der Waals surface area contributed by atoms with Gasteiger partial charge in [0.05, 0.1) is 0 Å². The lowest BCUT2D eigenvalue weighted by Crippen LogP contribution is -2.01. The van der Waals surface area contributed by atoms with Gasteiger partial charge in [-0.3, -0.25) is 4.21 Å². The Morgan fingerprint density at radius 2 is 1.47 bits per heavy atom. The summed E-state index contributed by atoms with van der Waals surface area (Å²) in [6.45, 7) is 6.22. The monoisotopic (exact) mass is 272 g/mol. The minimum absolute atomic E-state index is 0.633. The summed E-state index contributed by atoms with van der Waals surface area (Å²) in [6, 6.07) is 14.6. The van der Waals surface area contributed by atoms with Gasteiger partial charge in [-0.2, -0.15) is 0 Å². The van der Waals surface area contributed by atoms with Crippen LogP contribution >= 0.6 is 0 Å². The van der Waals surface area contributed by atoms with Gasteiger partial charge >= 0.3 is 0 Å². The fourth-order valence-corrected chi connectivity index (χ4v) is 3.37. The molecule has 100 valence electrons. The summed E-state index contributed by atoms with van der Waals surface area (Å²) in [7, 11) is -0.847. The minimum atomic E-state index is -0.847. The molecular formula is C17H20OS. The van der Waals surface area contributed by atoms with E-state index < -0.39 is 10.8 Å². The van der Waals surface area contributed by atoms with E-state index in [9.17, 15) is 4.21 Å². The fraction of sp³-hybridized carbons (Fsp3) is 0.294. The van der Waals surface area contributed by atoms with Crippen LogP contribution in [0, 0.1) is 20.8 Å². The van der Waals surface area contributed by atoms with Crippen LogP contribution in [0.1, 0.15) is 27.8 Å². The van der Waals surface area contributed by atoms with Crippen LogP contribution in [-0.4, -0.2) is 4.21 Å². The second-order valence-corrected chi connectivity index (χ2v) is 6.60. The molecular weight excluding hydrogens is 252 g/mol. The van der Waals surface area contributed by atoms with E-state index in [-0.39, 0.29) is 0 Å². The highest BCUT2D eigenvalue weighted by Crippen LogP contribution is 2.15. The Hall–Kier alpha value is -1.41. The Labute approximate surface area is 118 Å². The Morgan fingerprint density at radius 3 is 2.16 bits per heavy atom. The van der Waals surface area contributed by atoms with Crippen molar-refractivity contribution in [2.45, 2.75) is 32.3 Å². The first-order chi connectivity index (χ1) is 9.04. The standard InChI is InChI=1S/C17H20OS/c1-13-5-8-16(9-6-13)11-19(18)12-17-10-14(2)4-7-15(17)3/h4-10H,11-12H2,1-3H3/t19-/m0/s1. The second-order valence-electron chi connectivity index (χ2n) is 5.14. The second kappa shape index (κ2) is 6.16. The SMILES string of the molecule is Cc1ccc(C[S@](=O)Cc2cc(C)ccc2C)cc1. The molecule has 0 bridgehead atoms. The summed E-state index contributed by atoms with van der Waals surface area (Å²) in [5.74, 6) is 1.27. The summed E-state index contributed by atoms with van der Waals surface area (Å²) in [5.41, 5.74) is 6.04. The molecule has 2 heteroatoms. The number of aryl methyl sites for hydroxylation is 3. The van der Waals surface area contributed by atoms with Crippen molar-refractivity contribution in [3.63, 3.8) is 0 Å². The average molecular weight is 272 g/mol. The highest BCUT2D eigenvalue weighted by Gasteiger charge is 2.06. The van der Waals surface area contributed by atoms with Crippen molar-refractivity contribution in [3.05, 3.63) is 70.3 Å². The summed E-state index contributed by atoms with van der Waals surface area (Å²) in [5, 5.41) is 0. The van der Waals surface area contributed by atoms with E-state index in [0.717, 1.165) is 5.56 Å². The van der Waals surface area contributed by atoms with E-state index in [4.69, 9.17) is 0 Å². The van der Waals surface area contributed by atoms with Crippen molar-refractivity contribution in [1.29, 1.82) is 0 Å². The van der Waals surface area contributed by atoms with Crippen molar-refractivity contribution in [2.75, 3.05) is 0 Å². The third-order valence-electron chi connectivity index (χ3n) is 3.27. The Balaban J connectivity index is 2.05. The van der Waals surface area contributed by atoms with Crippen molar-refractivity contribution < 1.29 is 4.21 Å². The maximum atomic E-state index is 12.2. The maximum Gasteiger partial charge on any atom is 0.0491 e. The third kappa shape index (κ3) is 4.03. The zero-order valence-electron chi connectivity index (χ0n) is 11.8. The largest absolute Gasteiger partial charge is 0.259 e. The van der Waals surface area contributed by atoms with Crippen LogP contribution < -0.4 is 0 Å². The maximum absolute atomic E-state index is 12.2. The lowest BCUT2D eigenvalue weighted by molar-refractivity contribution is 0.682. The molecule has 19 heavy (non-hydrogen) atoms. The van der Waals surface area contributed by atoms with E-state index in [0.29, 0.717) is 11.5 Å². The molecule has 0 radical (unpaired) electrons. The first-order valence-electron chi connectivity index (χ1n) is 6.51. The predicted octanol–water partition coefficient (Wildman–Crippen LogP) is 4.06. The average Bonchev–Trinajstić information content (AvgIpc) is 2.37. The van der Waals surface area contributed by atoms with Gasteiger partial charge in [-0.05, 0) is 37.5 Å². The molecule has 0 saturated carbocycles. The van der Waals surface area contributed by atoms with Crippen LogP contribution in [0.5, 0.6) is 0 Å². The van der Waals surface area contributed by atoms with E-state index in [2.05, 4.69) is 63.2 Å². The molecule has 0 aliphatic carbocycles. The molecule has 0 N–H and O–H groups in total. The molecule has 2 rings (SSSR count). The van der Waals surface area contributed by atoms with Gasteiger partial charge in [0.25, 0.3) is 0 Å². The van der Waals surface area contributed by atoms with E-state index in [1.54, 1.807) is 0 Å². The van der Waals surface area contributed by atoms with Gasteiger partial charge in [-0.25, -0.2) is 0 Å². The molecule has 1 atom stereocenters. The first kappa shape index (κ1) is 14.0. The van der Waals surface area contributed by atoms with E-state index in [1.807, 2.05) is 0 Å². The highest BCUT2D eigenvalue weighted by molar-refractivity contribution is 7.83. The normalized spacial score (nSPS) is 12.4. The van der Waals surface area contributed by atoms with Gasteiger partial charge in [0.15, 0.2) is 0 Å². The first-order valence-corrected chi connectivity index (χ1v) is 8.00. The van der Waals surface area contributed by atoms with Crippen molar-refractivity contribution in [2.24, 2.45) is 0 Å². The zero-order valence-corrected chi connectivity index (χ0v) is 12.6. The molecule has 0 heterocycles. The minimum Gasteiger partial charge on any atom is -0.259 e. The van der Waals surface area contributed by atoms with Crippen molar-refractivity contribution >= 4 is 10.8 Å². The van der Waals surface area contributed by atoms with Crippen LogP contribution in [0.2, 0.25) is 0 Å². The van der Waals surface area contributed by atoms with Crippen LogP contribution in [-0.2, 0) is 22.3 Å². The summed E-state index contributed by atoms with van der Waals surface area (Å²) in [4.78, 5) is 0. The zero-order chi connectivity index (χ0) is 13.8. The fourth-order valence-electron chi connectivity index (χ4n) is 2.05. The molecule has 0 amide bonds. The highest BCUT2D eigenvalue weighted by atomic mass is 32.2. The molecule has 0 aliphatic heterocycles. The van der Waals surface area contributed by atoms with Crippen molar-refractivity contribution in [3.8, 4) is 0 Å². The number of hydrogen-bond acceptors (Lipinski definition) is 1.